The van der Waals surface area contributed by atoms with Crippen LogP contribution < -0.4 is 0 Å². The Hall–Kier alpha value is -2.30. The average Bonchev–Trinajstić information content (AvgIpc) is 2.54. The lowest BCUT2D eigenvalue weighted by Crippen LogP contribution is -2.45. The molecule has 0 unspecified atom stereocenters. The zero-order valence-corrected chi connectivity index (χ0v) is 15.5. The van der Waals surface area contributed by atoms with Gasteiger partial charge in [-0.2, -0.15) is 18.4 Å². The summed E-state index contributed by atoms with van der Waals surface area (Å²) in [5.41, 5.74) is -2.63. The minimum absolute atomic E-state index is 0.0645. The van der Waals surface area contributed by atoms with Crippen LogP contribution in [0.4, 0.5) is 22.4 Å². The molecule has 1 aliphatic rings. The number of nitrogens with zero attached hydrogens (tertiary/aromatic N) is 2. The van der Waals surface area contributed by atoms with Gasteiger partial charge in [0, 0.05) is 13.1 Å². The molecule has 0 atom stereocenters. The third kappa shape index (κ3) is 5.34. The molecule has 0 saturated carbocycles. The number of amides is 1. The highest BCUT2D eigenvalue weighted by atomic mass is 19.4. The number of halogens is 4. The number of rotatable bonds is 2. The fourth-order valence-corrected chi connectivity index (χ4v) is 3.06. The lowest BCUT2D eigenvalue weighted by Gasteiger charge is -2.38. The number of piperidine rings is 1. The molecule has 8 heteroatoms. The van der Waals surface area contributed by atoms with Gasteiger partial charge in [-0.05, 0) is 57.7 Å². The molecule has 0 aliphatic carbocycles. The zero-order valence-electron chi connectivity index (χ0n) is 15.5. The number of alkyl halides is 3. The zero-order chi connectivity index (χ0) is 20.5. The van der Waals surface area contributed by atoms with Crippen LogP contribution in [0.5, 0.6) is 0 Å². The Morgan fingerprint density at radius 2 is 1.85 bits per heavy atom. The Morgan fingerprint density at radius 3 is 2.33 bits per heavy atom. The van der Waals surface area contributed by atoms with Gasteiger partial charge in [0.05, 0.1) is 17.0 Å². The van der Waals surface area contributed by atoms with E-state index in [9.17, 15) is 27.6 Å². The Kier molecular flexibility index (Phi) is 5.74. The smallest absolute Gasteiger partial charge is 0.419 e. The highest BCUT2D eigenvalue weighted by molar-refractivity contribution is 5.68. The van der Waals surface area contributed by atoms with E-state index in [2.05, 4.69) is 6.07 Å². The summed E-state index contributed by atoms with van der Waals surface area (Å²) in [7, 11) is 0. The first-order chi connectivity index (χ1) is 12.4. The van der Waals surface area contributed by atoms with Crippen LogP contribution >= 0.6 is 0 Å². The molecule has 1 aromatic carbocycles. The van der Waals surface area contributed by atoms with Crippen molar-refractivity contribution < 1.29 is 27.1 Å². The first-order valence-electron chi connectivity index (χ1n) is 8.60. The molecule has 4 nitrogen and oxygen atoms in total. The molecular formula is C19H22F4N2O2. The third-order valence-electron chi connectivity index (χ3n) is 4.49. The second-order valence-corrected chi connectivity index (χ2v) is 7.85. The number of carbonyl (C=O) groups is 1. The van der Waals surface area contributed by atoms with Crippen molar-refractivity contribution in [3.63, 3.8) is 0 Å². The van der Waals surface area contributed by atoms with E-state index in [4.69, 9.17) is 4.74 Å². The molecule has 0 aromatic heterocycles. The van der Waals surface area contributed by atoms with Crippen LogP contribution in [-0.2, 0) is 17.3 Å². The molecule has 27 heavy (non-hydrogen) atoms. The van der Waals surface area contributed by atoms with E-state index in [1.54, 1.807) is 20.8 Å². The second-order valence-electron chi connectivity index (χ2n) is 7.85. The monoisotopic (exact) mass is 386 g/mol. The van der Waals surface area contributed by atoms with Gasteiger partial charge in [-0.1, -0.05) is 6.07 Å². The molecule has 1 saturated heterocycles. The average molecular weight is 386 g/mol. The molecule has 0 radical (unpaired) electrons. The van der Waals surface area contributed by atoms with E-state index in [-0.39, 0.29) is 25.1 Å². The van der Waals surface area contributed by atoms with E-state index >= 15 is 0 Å². The Labute approximate surface area is 155 Å². The number of hydrogen-bond donors (Lipinski definition) is 0. The number of carbonyl (C=O) groups excluding carboxylic acids is 1. The lowest BCUT2D eigenvalue weighted by molar-refractivity contribution is -0.140. The van der Waals surface area contributed by atoms with Gasteiger partial charge in [-0.15, -0.1) is 0 Å². The summed E-state index contributed by atoms with van der Waals surface area (Å²) in [6.45, 7) is 5.80. The summed E-state index contributed by atoms with van der Waals surface area (Å²) in [5, 5.41) is 9.62. The number of likely N-dealkylation sites (tertiary alicyclic amines) is 1. The van der Waals surface area contributed by atoms with Gasteiger partial charge < -0.3 is 9.64 Å². The van der Waals surface area contributed by atoms with Crippen LogP contribution in [0.2, 0.25) is 0 Å². The van der Waals surface area contributed by atoms with Crippen molar-refractivity contribution in [2.45, 2.75) is 51.8 Å². The maximum absolute atomic E-state index is 13.5. The first-order valence-corrected chi connectivity index (χ1v) is 8.60. The quantitative estimate of drug-likeness (QED) is 0.678. The van der Waals surface area contributed by atoms with Crippen LogP contribution in [0.25, 0.3) is 0 Å². The SMILES string of the molecule is CC(C)(C)OC(=O)N1CCC(C#N)(Cc2ccc(F)c(C(F)(F)F)c2)CC1. The highest BCUT2D eigenvalue weighted by Crippen LogP contribution is 2.37. The molecular weight excluding hydrogens is 364 g/mol. The molecule has 2 rings (SSSR count). The Morgan fingerprint density at radius 1 is 1.26 bits per heavy atom. The van der Waals surface area contributed by atoms with E-state index < -0.39 is 34.7 Å². The van der Waals surface area contributed by atoms with Gasteiger partial charge >= 0.3 is 12.3 Å². The molecule has 148 valence electrons. The van der Waals surface area contributed by atoms with Crippen molar-refractivity contribution in [2.75, 3.05) is 13.1 Å². The molecule has 0 spiro atoms. The maximum atomic E-state index is 13.5. The van der Waals surface area contributed by atoms with Crippen molar-refractivity contribution in [3.05, 3.63) is 35.1 Å². The largest absolute Gasteiger partial charge is 0.444 e. The van der Waals surface area contributed by atoms with Crippen LogP contribution in [0.15, 0.2) is 18.2 Å². The number of ether oxygens (including phenoxy) is 1. The topological polar surface area (TPSA) is 53.3 Å². The fourth-order valence-electron chi connectivity index (χ4n) is 3.06. The van der Waals surface area contributed by atoms with Crippen molar-refractivity contribution >= 4 is 6.09 Å². The van der Waals surface area contributed by atoms with E-state index in [1.807, 2.05) is 0 Å². The summed E-state index contributed by atoms with van der Waals surface area (Å²) >= 11 is 0. The van der Waals surface area contributed by atoms with Crippen LogP contribution in [0.1, 0.15) is 44.7 Å². The van der Waals surface area contributed by atoms with Gasteiger partial charge in [-0.25, -0.2) is 9.18 Å². The minimum atomic E-state index is -4.79. The molecule has 0 N–H and O–H groups in total. The predicted molar refractivity (Wildman–Crippen MR) is 90.2 cm³/mol. The van der Waals surface area contributed by atoms with Crippen LogP contribution in [0, 0.1) is 22.6 Å². The van der Waals surface area contributed by atoms with E-state index in [0.29, 0.717) is 12.8 Å². The summed E-state index contributed by atoms with van der Waals surface area (Å²) in [6, 6.07) is 5.00. The summed E-state index contributed by atoms with van der Waals surface area (Å²) in [5.74, 6) is -1.34. The Bertz CT molecular complexity index is 740. The van der Waals surface area contributed by atoms with Gasteiger partial charge in [0.2, 0.25) is 0 Å². The fraction of sp³-hybridized carbons (Fsp3) is 0.579. The number of nitriles is 1. The summed E-state index contributed by atoms with van der Waals surface area (Å²) < 4.78 is 57.4. The van der Waals surface area contributed by atoms with Crippen molar-refractivity contribution in [1.82, 2.24) is 4.90 Å². The molecule has 0 bridgehead atoms. The molecule has 1 heterocycles. The lowest BCUT2D eigenvalue weighted by atomic mass is 9.75. The second kappa shape index (κ2) is 7.37. The summed E-state index contributed by atoms with van der Waals surface area (Å²) in [6.07, 6.45) is -4.59. The Balaban J connectivity index is 2.11. The molecule has 1 fully saturated rings. The normalized spacial score (nSPS) is 17.3. The molecule has 1 aliphatic heterocycles. The minimum Gasteiger partial charge on any atom is -0.444 e. The van der Waals surface area contributed by atoms with E-state index in [1.165, 1.54) is 11.0 Å². The summed E-state index contributed by atoms with van der Waals surface area (Å²) in [4.78, 5) is 13.6. The molecule has 1 amide bonds. The van der Waals surface area contributed by atoms with Crippen LogP contribution in [-0.4, -0.2) is 29.7 Å². The standard InChI is InChI=1S/C19H22F4N2O2/c1-17(2,3)27-16(26)25-8-6-18(12-24,7-9-25)11-13-4-5-15(20)14(10-13)19(21,22)23/h4-5,10H,6-9,11H2,1-3H3. The van der Waals surface area contributed by atoms with E-state index in [0.717, 1.165) is 12.1 Å². The van der Waals surface area contributed by atoms with Gasteiger partial charge in [0.25, 0.3) is 0 Å². The predicted octanol–water partition coefficient (Wildman–Crippen LogP) is 4.93. The van der Waals surface area contributed by atoms with Crippen molar-refractivity contribution in [3.8, 4) is 6.07 Å². The number of hydrogen-bond acceptors (Lipinski definition) is 3. The van der Waals surface area contributed by atoms with Crippen molar-refractivity contribution in [2.24, 2.45) is 5.41 Å². The highest BCUT2D eigenvalue weighted by Gasteiger charge is 2.39. The third-order valence-corrected chi connectivity index (χ3v) is 4.49. The van der Waals surface area contributed by atoms with Gasteiger partial charge in [-0.3, -0.25) is 0 Å². The number of benzene rings is 1. The maximum Gasteiger partial charge on any atom is 0.419 e. The van der Waals surface area contributed by atoms with Gasteiger partial charge in [0.1, 0.15) is 11.4 Å². The van der Waals surface area contributed by atoms with Gasteiger partial charge in [0.15, 0.2) is 0 Å². The first kappa shape index (κ1) is 21.0. The van der Waals surface area contributed by atoms with Crippen molar-refractivity contribution in [1.29, 1.82) is 5.26 Å². The molecule has 1 aromatic rings. The van der Waals surface area contributed by atoms with Crippen LogP contribution in [0.3, 0.4) is 0 Å².